The lowest BCUT2D eigenvalue weighted by Crippen LogP contribution is -2.19. The maximum atomic E-state index is 12.2. The van der Waals surface area contributed by atoms with Gasteiger partial charge in [0.05, 0.1) is 29.6 Å². The molecule has 0 aliphatic rings. The molecule has 1 amide bonds. The molecule has 0 spiro atoms. The van der Waals surface area contributed by atoms with E-state index in [0.717, 1.165) is 26.9 Å². The van der Waals surface area contributed by atoms with Gasteiger partial charge in [-0.05, 0) is 35.9 Å². The molecule has 1 aromatic heterocycles. The Morgan fingerprint density at radius 1 is 1.11 bits per heavy atom. The van der Waals surface area contributed by atoms with Crippen molar-refractivity contribution in [1.29, 1.82) is 0 Å². The highest BCUT2D eigenvalue weighted by Crippen LogP contribution is 2.22. The number of benzene rings is 3. The first-order valence-electron chi connectivity index (χ1n) is 10.9. The quantitative estimate of drug-likeness (QED) is 0.117. The zero-order chi connectivity index (χ0) is 25.5. The Labute approximate surface area is 210 Å². The van der Waals surface area contributed by atoms with Crippen LogP contribution < -0.4 is 5.43 Å². The number of nitro groups is 1. The van der Waals surface area contributed by atoms with Crippen LogP contribution in [0.2, 0.25) is 0 Å². The number of hydrogen-bond acceptors (Lipinski definition) is 7. The van der Waals surface area contributed by atoms with E-state index in [1.807, 2.05) is 42.6 Å². The van der Waals surface area contributed by atoms with Gasteiger partial charge in [-0.1, -0.05) is 30.3 Å². The molecule has 1 heterocycles. The van der Waals surface area contributed by atoms with Crippen molar-refractivity contribution in [2.24, 2.45) is 5.10 Å². The van der Waals surface area contributed by atoms with Crippen LogP contribution in [0.25, 0.3) is 10.9 Å². The van der Waals surface area contributed by atoms with Gasteiger partial charge < -0.3 is 9.30 Å². The zero-order valence-corrected chi connectivity index (χ0v) is 20.1. The Bertz CT molecular complexity index is 1450. The number of non-ortho nitro benzene ring substituents is 1. The molecule has 182 valence electrons. The lowest BCUT2D eigenvalue weighted by Gasteiger charge is -2.07. The van der Waals surface area contributed by atoms with Crippen LogP contribution in [0.5, 0.6) is 0 Å². The highest BCUT2D eigenvalue weighted by Gasteiger charge is 2.10. The first kappa shape index (κ1) is 24.7. The Hall–Kier alpha value is -4.44. The van der Waals surface area contributed by atoms with Crippen LogP contribution in [0.1, 0.15) is 21.5 Å². The lowest BCUT2D eigenvalue weighted by atomic mass is 10.1. The van der Waals surface area contributed by atoms with Gasteiger partial charge in [-0.25, -0.2) is 10.2 Å². The SMILES string of the molecule is COC(=O)c1cccc(Cn2cc(/C=N\NC(=O)CSc3ccc([N+](=O)[O-])cc3)c3ccccc32)c1. The fourth-order valence-electron chi connectivity index (χ4n) is 3.64. The van der Waals surface area contributed by atoms with Crippen molar-refractivity contribution >= 4 is 46.4 Å². The summed E-state index contributed by atoms with van der Waals surface area (Å²) < 4.78 is 6.87. The summed E-state index contributed by atoms with van der Waals surface area (Å²) in [6, 6.07) is 21.1. The van der Waals surface area contributed by atoms with Gasteiger partial charge in [0.15, 0.2) is 0 Å². The second kappa shape index (κ2) is 11.3. The largest absolute Gasteiger partial charge is 0.465 e. The highest BCUT2D eigenvalue weighted by atomic mass is 32.2. The van der Waals surface area contributed by atoms with Gasteiger partial charge in [-0.2, -0.15) is 5.10 Å². The molecule has 4 aromatic rings. The number of nitro benzene ring substituents is 1. The topological polar surface area (TPSA) is 116 Å². The van der Waals surface area contributed by atoms with Crippen molar-refractivity contribution in [2.75, 3.05) is 12.9 Å². The van der Waals surface area contributed by atoms with Gasteiger partial charge in [-0.15, -0.1) is 11.8 Å². The molecule has 36 heavy (non-hydrogen) atoms. The summed E-state index contributed by atoms with van der Waals surface area (Å²) in [5, 5.41) is 15.8. The summed E-state index contributed by atoms with van der Waals surface area (Å²) in [5.41, 5.74) is 5.78. The fraction of sp³-hybridized carbons (Fsp3) is 0.115. The molecule has 0 saturated heterocycles. The van der Waals surface area contributed by atoms with Crippen LogP contribution in [0.4, 0.5) is 5.69 Å². The molecule has 0 atom stereocenters. The summed E-state index contributed by atoms with van der Waals surface area (Å²) in [5.74, 6) is -0.560. The smallest absolute Gasteiger partial charge is 0.337 e. The van der Waals surface area contributed by atoms with Gasteiger partial charge in [-0.3, -0.25) is 14.9 Å². The molecule has 0 radical (unpaired) electrons. The number of hydrogen-bond donors (Lipinski definition) is 1. The molecule has 1 N–H and O–H groups in total. The van der Waals surface area contributed by atoms with Crippen molar-refractivity contribution < 1.29 is 19.2 Å². The van der Waals surface area contributed by atoms with E-state index >= 15 is 0 Å². The van der Waals surface area contributed by atoms with Crippen molar-refractivity contribution in [1.82, 2.24) is 9.99 Å². The molecule has 0 unspecified atom stereocenters. The Kier molecular flexibility index (Phi) is 7.76. The highest BCUT2D eigenvalue weighted by molar-refractivity contribution is 8.00. The Morgan fingerprint density at radius 2 is 1.89 bits per heavy atom. The second-order valence-electron chi connectivity index (χ2n) is 7.75. The van der Waals surface area contributed by atoms with E-state index in [9.17, 15) is 19.7 Å². The second-order valence-corrected chi connectivity index (χ2v) is 8.80. The predicted octanol–water partition coefficient (Wildman–Crippen LogP) is 4.63. The van der Waals surface area contributed by atoms with Crippen molar-refractivity contribution in [2.45, 2.75) is 11.4 Å². The molecule has 3 aromatic carbocycles. The average molecular weight is 503 g/mol. The first-order chi connectivity index (χ1) is 17.4. The number of methoxy groups -OCH3 is 1. The minimum atomic E-state index is -0.466. The number of para-hydroxylation sites is 1. The normalized spacial score (nSPS) is 11.0. The molecule has 4 rings (SSSR count). The third-order valence-electron chi connectivity index (χ3n) is 5.33. The van der Waals surface area contributed by atoms with Gasteiger partial charge in [0.1, 0.15) is 0 Å². The molecule has 9 nitrogen and oxygen atoms in total. The van der Waals surface area contributed by atoms with Gasteiger partial charge in [0, 0.05) is 46.2 Å². The van der Waals surface area contributed by atoms with Gasteiger partial charge in [0.25, 0.3) is 5.69 Å². The number of esters is 1. The van der Waals surface area contributed by atoms with E-state index in [1.165, 1.54) is 31.0 Å². The number of nitrogens with one attached hydrogen (secondary N) is 1. The molecule has 0 saturated carbocycles. The van der Waals surface area contributed by atoms with Crippen LogP contribution in [-0.4, -0.2) is 40.4 Å². The van der Waals surface area contributed by atoms with E-state index in [4.69, 9.17) is 4.74 Å². The summed E-state index contributed by atoms with van der Waals surface area (Å²) in [4.78, 5) is 35.1. The molecule has 0 aliphatic carbocycles. The van der Waals surface area contributed by atoms with Crippen LogP contribution in [0, 0.1) is 10.1 Å². The van der Waals surface area contributed by atoms with Crippen LogP contribution >= 0.6 is 11.8 Å². The third-order valence-corrected chi connectivity index (χ3v) is 6.34. The lowest BCUT2D eigenvalue weighted by molar-refractivity contribution is -0.384. The van der Waals surface area contributed by atoms with E-state index in [0.29, 0.717) is 12.1 Å². The predicted molar refractivity (Wildman–Crippen MR) is 138 cm³/mol. The summed E-state index contributed by atoms with van der Waals surface area (Å²) >= 11 is 1.26. The van der Waals surface area contributed by atoms with Gasteiger partial charge >= 0.3 is 5.97 Å². The molecular formula is C26H22N4O5S. The number of hydrazone groups is 1. The third kappa shape index (κ3) is 5.97. The number of rotatable bonds is 9. The van der Waals surface area contributed by atoms with Crippen molar-refractivity contribution in [3.05, 3.63) is 106 Å². The summed E-state index contributed by atoms with van der Waals surface area (Å²) in [6.07, 6.45) is 3.54. The monoisotopic (exact) mass is 502 g/mol. The molecule has 0 fully saturated rings. The van der Waals surface area contributed by atoms with Crippen molar-refractivity contribution in [3.63, 3.8) is 0 Å². The van der Waals surface area contributed by atoms with Gasteiger partial charge in [0.2, 0.25) is 5.91 Å². The van der Waals surface area contributed by atoms with E-state index < -0.39 is 4.92 Å². The van der Waals surface area contributed by atoms with Crippen molar-refractivity contribution in [3.8, 4) is 0 Å². The van der Waals surface area contributed by atoms with E-state index in [1.54, 1.807) is 30.5 Å². The van der Waals surface area contributed by atoms with Crippen LogP contribution in [-0.2, 0) is 16.1 Å². The average Bonchev–Trinajstić information content (AvgIpc) is 3.24. The minimum absolute atomic E-state index is 0.00346. The number of ether oxygens (including phenoxy) is 1. The number of fused-ring (bicyclic) bond motifs is 1. The zero-order valence-electron chi connectivity index (χ0n) is 19.3. The minimum Gasteiger partial charge on any atom is -0.465 e. The molecular weight excluding hydrogens is 480 g/mol. The van der Waals surface area contributed by atoms with Crippen LogP contribution in [0.15, 0.2) is 89.0 Å². The molecule has 0 aliphatic heterocycles. The number of carbonyl (C=O) groups excluding carboxylic acids is 2. The number of nitrogens with zero attached hydrogens (tertiary/aromatic N) is 3. The first-order valence-corrected chi connectivity index (χ1v) is 11.9. The Balaban J connectivity index is 1.42. The number of carbonyl (C=O) groups is 2. The fourth-order valence-corrected chi connectivity index (χ4v) is 4.33. The maximum Gasteiger partial charge on any atom is 0.337 e. The Morgan fingerprint density at radius 3 is 2.64 bits per heavy atom. The maximum absolute atomic E-state index is 12.2. The number of amides is 1. The molecule has 0 bridgehead atoms. The van der Waals surface area contributed by atoms with Crippen LogP contribution in [0.3, 0.4) is 0 Å². The molecule has 10 heteroatoms. The number of thioether (sulfide) groups is 1. The van der Waals surface area contributed by atoms with E-state index in [-0.39, 0.29) is 23.3 Å². The summed E-state index contributed by atoms with van der Waals surface area (Å²) in [6.45, 7) is 0.539. The van der Waals surface area contributed by atoms with E-state index in [2.05, 4.69) is 15.1 Å². The summed E-state index contributed by atoms with van der Waals surface area (Å²) in [7, 11) is 1.35. The number of aromatic nitrogens is 1. The standard InChI is InChI=1S/C26H22N4O5S/c1-35-26(32)19-6-4-5-18(13-19)15-29-16-20(23-7-2-3-8-24(23)29)14-27-28-25(31)17-36-22-11-9-21(10-12-22)30(33)34/h2-14,16H,15,17H2,1H3,(H,28,31)/b27-14-.